The second-order valence-electron chi connectivity index (χ2n) is 5.30. The molecule has 0 fully saturated rings. The molecule has 1 aliphatic heterocycles. The fourth-order valence-corrected chi connectivity index (χ4v) is 2.47. The van der Waals surface area contributed by atoms with E-state index in [1.807, 2.05) is 32.9 Å². The third kappa shape index (κ3) is 3.25. The third-order valence-electron chi connectivity index (χ3n) is 3.06. The van der Waals surface area contributed by atoms with Crippen LogP contribution in [-0.4, -0.2) is 23.5 Å². The van der Waals surface area contributed by atoms with E-state index in [4.69, 9.17) is 9.68 Å². The van der Waals surface area contributed by atoms with Crippen molar-refractivity contribution in [1.29, 1.82) is 0 Å². The van der Waals surface area contributed by atoms with Gasteiger partial charge in [0.25, 0.3) is 0 Å². The van der Waals surface area contributed by atoms with Gasteiger partial charge in [-0.3, -0.25) is 0 Å². The van der Waals surface area contributed by atoms with Crippen molar-refractivity contribution in [3.8, 4) is 0 Å². The van der Waals surface area contributed by atoms with Crippen LogP contribution in [0.3, 0.4) is 0 Å². The largest absolute Gasteiger partial charge is 0.381 e. The van der Waals surface area contributed by atoms with Crippen LogP contribution >= 0.6 is 11.3 Å². The normalized spacial score (nSPS) is 22.1. The summed E-state index contributed by atoms with van der Waals surface area (Å²) in [5, 5.41) is 7.66. The van der Waals surface area contributed by atoms with Crippen LogP contribution in [0, 0.1) is 12.8 Å². The molecule has 0 saturated heterocycles. The Labute approximate surface area is 122 Å². The molecule has 5 nitrogen and oxygen atoms in total. The fourth-order valence-electron chi connectivity index (χ4n) is 1.73. The molecule has 1 aromatic heterocycles. The van der Waals surface area contributed by atoms with E-state index in [1.54, 1.807) is 18.3 Å². The minimum Gasteiger partial charge on any atom is -0.377 e. The van der Waals surface area contributed by atoms with Crippen LogP contribution < -0.4 is 0 Å². The second-order valence-corrected chi connectivity index (χ2v) is 6.62. The summed E-state index contributed by atoms with van der Waals surface area (Å²) in [6.45, 7) is 7.69. The second kappa shape index (κ2) is 5.75. The first-order valence-electron chi connectivity index (χ1n) is 6.47. The first-order chi connectivity index (χ1) is 9.40. The monoisotopic (exact) mass is 294 g/mol. The van der Waals surface area contributed by atoms with Crippen molar-refractivity contribution < 1.29 is 14.5 Å². The van der Waals surface area contributed by atoms with Crippen molar-refractivity contribution in [1.82, 2.24) is 0 Å². The van der Waals surface area contributed by atoms with Gasteiger partial charge >= 0.3 is 5.97 Å². The third-order valence-corrected chi connectivity index (χ3v) is 3.99. The first-order valence-corrected chi connectivity index (χ1v) is 7.28. The van der Waals surface area contributed by atoms with Gasteiger partial charge in [-0.25, -0.2) is 4.79 Å². The number of thiophene rings is 1. The number of oxime groups is 2. The van der Waals surface area contributed by atoms with Crippen LogP contribution in [0.5, 0.6) is 0 Å². The Hall–Kier alpha value is -1.69. The van der Waals surface area contributed by atoms with E-state index in [0.717, 1.165) is 10.6 Å². The number of hydrogen-bond acceptors (Lipinski definition) is 6. The van der Waals surface area contributed by atoms with E-state index in [9.17, 15) is 4.79 Å². The minimum atomic E-state index is -1.07. The Morgan fingerprint density at radius 2 is 2.35 bits per heavy atom. The Balaban J connectivity index is 1.91. The number of hydrogen-bond donors (Lipinski definition) is 0. The highest BCUT2D eigenvalue weighted by molar-refractivity contribution is 7.13. The maximum absolute atomic E-state index is 12.0. The molecule has 1 aromatic rings. The van der Waals surface area contributed by atoms with Crippen LogP contribution in [-0.2, 0) is 14.5 Å². The quantitative estimate of drug-likeness (QED) is 0.487. The number of aryl methyl sites for hydroxylation is 1. The summed E-state index contributed by atoms with van der Waals surface area (Å²) in [4.78, 5) is 24.3. The zero-order chi connectivity index (χ0) is 14.8. The molecule has 0 amide bonds. The van der Waals surface area contributed by atoms with E-state index in [-0.39, 0.29) is 5.92 Å². The number of carbonyl (C=O) groups is 1. The topological polar surface area (TPSA) is 60.2 Å². The van der Waals surface area contributed by atoms with Gasteiger partial charge in [0.15, 0.2) is 0 Å². The van der Waals surface area contributed by atoms with Gasteiger partial charge in [-0.1, -0.05) is 24.2 Å². The van der Waals surface area contributed by atoms with Crippen LogP contribution in [0.2, 0.25) is 0 Å². The van der Waals surface area contributed by atoms with Crippen molar-refractivity contribution in [2.24, 2.45) is 16.2 Å². The molecular formula is C14H18N2O3S. The highest BCUT2D eigenvalue weighted by Gasteiger charge is 2.44. The lowest BCUT2D eigenvalue weighted by molar-refractivity contribution is -0.167. The highest BCUT2D eigenvalue weighted by Crippen LogP contribution is 2.27. The molecular weight excluding hydrogens is 276 g/mol. The smallest absolute Gasteiger partial charge is 0.377 e. The summed E-state index contributed by atoms with van der Waals surface area (Å²) in [5.74, 6) is -0.274. The Kier molecular flexibility index (Phi) is 4.23. The molecule has 0 aromatic carbocycles. The molecule has 6 heteroatoms. The number of nitrogens with zero attached hydrogens (tertiary/aromatic N) is 2. The molecule has 2 heterocycles. The molecule has 1 atom stereocenters. The van der Waals surface area contributed by atoms with E-state index >= 15 is 0 Å². The van der Waals surface area contributed by atoms with Crippen molar-refractivity contribution in [2.45, 2.75) is 39.7 Å². The van der Waals surface area contributed by atoms with Crippen LogP contribution in [0.25, 0.3) is 0 Å². The highest BCUT2D eigenvalue weighted by atomic mass is 32.1. The van der Waals surface area contributed by atoms with Gasteiger partial charge in [-0.15, -0.1) is 11.3 Å². The standard InChI is InChI=1S/C14H18N2O3S/c1-9(2)12-7-14(4,19-16-12)13(17)18-15-8-11-6-5-10(3)20-11/h5-6,8-9H,7H2,1-4H3/b15-8+. The Morgan fingerprint density at radius 3 is 2.90 bits per heavy atom. The molecule has 1 aliphatic rings. The summed E-state index contributed by atoms with van der Waals surface area (Å²) in [5.41, 5.74) is -0.204. The van der Waals surface area contributed by atoms with E-state index < -0.39 is 11.6 Å². The lowest BCUT2D eigenvalue weighted by Crippen LogP contribution is -2.36. The molecule has 20 heavy (non-hydrogen) atoms. The lowest BCUT2D eigenvalue weighted by Gasteiger charge is -2.16. The molecule has 0 radical (unpaired) electrons. The van der Waals surface area contributed by atoms with Crippen molar-refractivity contribution in [3.63, 3.8) is 0 Å². The zero-order valence-electron chi connectivity index (χ0n) is 12.0. The van der Waals surface area contributed by atoms with Crippen LogP contribution in [0.4, 0.5) is 0 Å². The van der Waals surface area contributed by atoms with Gasteiger partial charge < -0.3 is 9.68 Å². The fraction of sp³-hybridized carbons (Fsp3) is 0.500. The number of carbonyl (C=O) groups excluding carboxylic acids is 1. The summed E-state index contributed by atoms with van der Waals surface area (Å²) in [7, 11) is 0. The van der Waals surface area contributed by atoms with Gasteiger partial charge in [0.2, 0.25) is 5.60 Å². The average molecular weight is 294 g/mol. The van der Waals surface area contributed by atoms with Gasteiger partial charge in [-0.05, 0) is 31.9 Å². The predicted octanol–water partition coefficient (Wildman–Crippen LogP) is 3.12. The average Bonchev–Trinajstić information content (AvgIpc) is 2.97. The number of rotatable bonds is 4. The summed E-state index contributed by atoms with van der Waals surface area (Å²) in [6, 6.07) is 3.91. The molecule has 0 bridgehead atoms. The van der Waals surface area contributed by atoms with E-state index in [0.29, 0.717) is 6.42 Å². The van der Waals surface area contributed by atoms with E-state index in [1.165, 1.54) is 11.1 Å². The van der Waals surface area contributed by atoms with Crippen LogP contribution in [0.1, 0.15) is 36.9 Å². The molecule has 1 unspecified atom stereocenters. The zero-order valence-corrected chi connectivity index (χ0v) is 12.9. The van der Waals surface area contributed by atoms with Gasteiger partial charge in [-0.2, -0.15) is 0 Å². The first kappa shape index (κ1) is 14.7. The molecule has 0 aliphatic carbocycles. The van der Waals surface area contributed by atoms with Crippen LogP contribution in [0.15, 0.2) is 22.4 Å². The van der Waals surface area contributed by atoms with Gasteiger partial charge in [0, 0.05) is 16.2 Å². The van der Waals surface area contributed by atoms with E-state index in [2.05, 4.69) is 10.3 Å². The predicted molar refractivity (Wildman–Crippen MR) is 79.1 cm³/mol. The maximum Gasteiger partial charge on any atom is 0.381 e. The summed E-state index contributed by atoms with van der Waals surface area (Å²) < 4.78 is 0. The summed E-state index contributed by atoms with van der Waals surface area (Å²) in [6.07, 6.45) is 1.97. The molecule has 0 N–H and O–H groups in total. The minimum absolute atomic E-state index is 0.252. The summed E-state index contributed by atoms with van der Waals surface area (Å²) >= 11 is 1.58. The van der Waals surface area contributed by atoms with Crippen molar-refractivity contribution >= 4 is 29.2 Å². The van der Waals surface area contributed by atoms with Crippen molar-refractivity contribution in [3.05, 3.63) is 21.9 Å². The molecule has 2 rings (SSSR count). The molecule has 108 valence electrons. The molecule has 0 saturated carbocycles. The Bertz CT molecular complexity index is 563. The Morgan fingerprint density at radius 1 is 1.60 bits per heavy atom. The SMILES string of the molecule is Cc1ccc(/C=N/OC(=O)C2(C)CC(C(C)C)=NO2)s1. The van der Waals surface area contributed by atoms with Gasteiger partial charge in [0.1, 0.15) is 0 Å². The van der Waals surface area contributed by atoms with Gasteiger partial charge in [0.05, 0.1) is 11.9 Å². The molecule has 0 spiro atoms. The van der Waals surface area contributed by atoms with Crippen molar-refractivity contribution in [2.75, 3.05) is 0 Å². The lowest BCUT2D eigenvalue weighted by atomic mass is 9.94. The maximum atomic E-state index is 12.0.